The summed E-state index contributed by atoms with van der Waals surface area (Å²) in [5, 5.41) is 18.1. The van der Waals surface area contributed by atoms with Crippen LogP contribution in [0.1, 0.15) is 5.56 Å². The Morgan fingerprint density at radius 3 is 1.97 bits per heavy atom. The normalized spacial score (nSPS) is 13.7. The van der Waals surface area contributed by atoms with Crippen molar-refractivity contribution >= 4 is 11.9 Å². The molecule has 1 heterocycles. The number of nitrogens with zero attached hydrogens (tertiary/aromatic N) is 1. The number of carboxylic acids is 2. The van der Waals surface area contributed by atoms with Gasteiger partial charge in [0, 0.05) is 32.7 Å². The molecule has 0 aromatic heterocycles. The minimum absolute atomic E-state index is 0.587. The Morgan fingerprint density at radius 2 is 1.41 bits per heavy atom. The topological polar surface area (TPSA) is 108 Å². The largest absolute Gasteiger partial charge is 0.492 e. The summed E-state index contributed by atoms with van der Waals surface area (Å²) >= 11 is 0. The molecule has 0 bridgehead atoms. The Labute approximate surface area is 169 Å². The molecule has 8 nitrogen and oxygen atoms in total. The van der Waals surface area contributed by atoms with E-state index in [9.17, 15) is 0 Å². The van der Waals surface area contributed by atoms with Crippen LogP contribution in [0.2, 0.25) is 0 Å². The molecule has 1 fully saturated rings. The molecule has 0 amide bonds. The zero-order valence-corrected chi connectivity index (χ0v) is 16.1. The van der Waals surface area contributed by atoms with Crippen molar-refractivity contribution in [3.05, 3.63) is 60.2 Å². The Hall–Kier alpha value is -3.10. The molecule has 8 heteroatoms. The van der Waals surface area contributed by atoms with Gasteiger partial charge in [-0.25, -0.2) is 9.59 Å². The summed E-state index contributed by atoms with van der Waals surface area (Å²) in [5.41, 5.74) is 1.17. The van der Waals surface area contributed by atoms with Crippen LogP contribution in [0.25, 0.3) is 0 Å². The number of carboxylic acid groups (broad SMARTS) is 2. The molecule has 0 aliphatic carbocycles. The van der Waals surface area contributed by atoms with Gasteiger partial charge in [-0.3, -0.25) is 4.90 Å². The molecule has 1 aliphatic rings. The monoisotopic (exact) mass is 402 g/mol. The molecule has 29 heavy (non-hydrogen) atoms. The molecule has 1 saturated heterocycles. The molecular weight excluding hydrogens is 376 g/mol. The highest BCUT2D eigenvalue weighted by Crippen LogP contribution is 2.18. The SMILES string of the molecule is O=C(O)C(=O)O.c1ccc(COc2ccc(OCCN3CCNCC3)cc2)cc1. The van der Waals surface area contributed by atoms with Crippen molar-refractivity contribution in [2.75, 3.05) is 39.3 Å². The maximum Gasteiger partial charge on any atom is 0.414 e. The molecule has 2 aromatic rings. The maximum absolute atomic E-state index is 9.10. The third-order valence-electron chi connectivity index (χ3n) is 4.14. The molecule has 0 unspecified atom stereocenters. The summed E-state index contributed by atoms with van der Waals surface area (Å²) < 4.78 is 11.6. The van der Waals surface area contributed by atoms with Gasteiger partial charge in [0.25, 0.3) is 0 Å². The van der Waals surface area contributed by atoms with E-state index in [-0.39, 0.29) is 0 Å². The van der Waals surface area contributed by atoms with Crippen LogP contribution in [-0.2, 0) is 16.2 Å². The minimum atomic E-state index is -1.82. The summed E-state index contributed by atoms with van der Waals surface area (Å²) in [6.07, 6.45) is 0. The fourth-order valence-corrected chi connectivity index (χ4v) is 2.60. The van der Waals surface area contributed by atoms with Crippen molar-refractivity contribution in [3.63, 3.8) is 0 Å². The zero-order valence-electron chi connectivity index (χ0n) is 16.1. The van der Waals surface area contributed by atoms with Crippen LogP contribution in [0.5, 0.6) is 11.5 Å². The number of piperazine rings is 1. The van der Waals surface area contributed by atoms with Gasteiger partial charge in [0.2, 0.25) is 0 Å². The number of ether oxygens (including phenoxy) is 2. The van der Waals surface area contributed by atoms with E-state index in [4.69, 9.17) is 29.3 Å². The van der Waals surface area contributed by atoms with E-state index in [1.807, 2.05) is 42.5 Å². The number of benzene rings is 2. The Kier molecular flexibility index (Phi) is 9.47. The van der Waals surface area contributed by atoms with Crippen molar-refractivity contribution in [3.8, 4) is 11.5 Å². The predicted molar refractivity (Wildman–Crippen MR) is 107 cm³/mol. The third-order valence-corrected chi connectivity index (χ3v) is 4.14. The highest BCUT2D eigenvalue weighted by atomic mass is 16.5. The van der Waals surface area contributed by atoms with Gasteiger partial charge in [-0.1, -0.05) is 30.3 Å². The summed E-state index contributed by atoms with van der Waals surface area (Å²) in [6, 6.07) is 18.0. The summed E-state index contributed by atoms with van der Waals surface area (Å²) in [5.74, 6) is -1.89. The van der Waals surface area contributed by atoms with Gasteiger partial charge in [-0.2, -0.15) is 0 Å². The standard InChI is InChI=1S/C19H24N2O2.C2H2O4/c1-2-4-17(5-3-1)16-23-19-8-6-18(7-9-19)22-15-14-21-12-10-20-11-13-21;3-1(4)2(5)6/h1-9,20H,10-16H2;(H,3,4)(H,5,6). The number of aliphatic carboxylic acids is 2. The molecule has 2 aromatic carbocycles. The Balaban J connectivity index is 0.000000438. The first-order chi connectivity index (χ1) is 14.0. The number of hydrogen-bond donors (Lipinski definition) is 3. The van der Waals surface area contributed by atoms with Crippen molar-refractivity contribution in [2.24, 2.45) is 0 Å². The highest BCUT2D eigenvalue weighted by Gasteiger charge is 2.08. The van der Waals surface area contributed by atoms with E-state index >= 15 is 0 Å². The lowest BCUT2D eigenvalue weighted by Gasteiger charge is -2.26. The van der Waals surface area contributed by atoms with Crippen molar-refractivity contribution in [1.29, 1.82) is 0 Å². The summed E-state index contributed by atoms with van der Waals surface area (Å²) in [7, 11) is 0. The minimum Gasteiger partial charge on any atom is -0.492 e. The first kappa shape index (κ1) is 22.2. The van der Waals surface area contributed by atoms with Crippen LogP contribution >= 0.6 is 0 Å². The molecule has 0 spiro atoms. The van der Waals surface area contributed by atoms with E-state index in [2.05, 4.69) is 22.3 Å². The molecule has 0 atom stereocenters. The number of carbonyl (C=O) groups is 2. The lowest BCUT2D eigenvalue weighted by Crippen LogP contribution is -2.44. The van der Waals surface area contributed by atoms with Crippen LogP contribution in [0.3, 0.4) is 0 Å². The molecule has 3 N–H and O–H groups in total. The van der Waals surface area contributed by atoms with Gasteiger partial charge in [0.15, 0.2) is 0 Å². The van der Waals surface area contributed by atoms with Crippen molar-refractivity contribution < 1.29 is 29.3 Å². The summed E-state index contributed by atoms with van der Waals surface area (Å²) in [6.45, 7) is 6.66. The van der Waals surface area contributed by atoms with Crippen molar-refractivity contribution in [1.82, 2.24) is 10.2 Å². The zero-order chi connectivity index (χ0) is 20.9. The fraction of sp³-hybridized carbons (Fsp3) is 0.333. The van der Waals surface area contributed by atoms with Crippen LogP contribution in [0.15, 0.2) is 54.6 Å². The van der Waals surface area contributed by atoms with Gasteiger partial charge >= 0.3 is 11.9 Å². The number of hydrogen-bond acceptors (Lipinski definition) is 6. The van der Waals surface area contributed by atoms with E-state index in [0.717, 1.165) is 50.8 Å². The molecule has 0 saturated carbocycles. The van der Waals surface area contributed by atoms with Gasteiger partial charge in [-0.05, 0) is 29.8 Å². The number of nitrogens with one attached hydrogen (secondary N) is 1. The lowest BCUT2D eigenvalue weighted by molar-refractivity contribution is -0.159. The first-order valence-corrected chi connectivity index (χ1v) is 9.33. The molecular formula is C21H26N2O6. The van der Waals surface area contributed by atoms with Gasteiger partial charge < -0.3 is 25.0 Å². The highest BCUT2D eigenvalue weighted by molar-refractivity contribution is 6.27. The maximum atomic E-state index is 9.10. The molecule has 3 rings (SSSR count). The lowest BCUT2D eigenvalue weighted by atomic mass is 10.2. The average Bonchev–Trinajstić information content (AvgIpc) is 2.75. The van der Waals surface area contributed by atoms with Crippen LogP contribution in [0.4, 0.5) is 0 Å². The van der Waals surface area contributed by atoms with E-state index in [1.54, 1.807) is 0 Å². The van der Waals surface area contributed by atoms with Crippen LogP contribution in [0, 0.1) is 0 Å². The molecule has 0 radical (unpaired) electrons. The van der Waals surface area contributed by atoms with Crippen LogP contribution < -0.4 is 14.8 Å². The second kappa shape index (κ2) is 12.4. The predicted octanol–water partition coefficient (Wildman–Crippen LogP) is 1.71. The van der Waals surface area contributed by atoms with E-state index in [1.165, 1.54) is 5.56 Å². The van der Waals surface area contributed by atoms with Gasteiger partial charge in [0.1, 0.15) is 24.7 Å². The second-order valence-corrected chi connectivity index (χ2v) is 6.30. The third kappa shape index (κ3) is 9.09. The van der Waals surface area contributed by atoms with Gasteiger partial charge in [-0.15, -0.1) is 0 Å². The fourth-order valence-electron chi connectivity index (χ4n) is 2.60. The average molecular weight is 402 g/mol. The second-order valence-electron chi connectivity index (χ2n) is 6.30. The van der Waals surface area contributed by atoms with E-state index in [0.29, 0.717) is 6.61 Å². The Bertz CT molecular complexity index is 734. The van der Waals surface area contributed by atoms with Gasteiger partial charge in [0.05, 0.1) is 0 Å². The van der Waals surface area contributed by atoms with Crippen LogP contribution in [-0.4, -0.2) is 66.4 Å². The van der Waals surface area contributed by atoms with Crippen molar-refractivity contribution in [2.45, 2.75) is 6.61 Å². The summed E-state index contributed by atoms with van der Waals surface area (Å²) in [4.78, 5) is 20.6. The smallest absolute Gasteiger partial charge is 0.414 e. The molecule has 1 aliphatic heterocycles. The molecule has 156 valence electrons. The quantitative estimate of drug-likeness (QED) is 0.601. The Morgan fingerprint density at radius 1 is 0.862 bits per heavy atom. The first-order valence-electron chi connectivity index (χ1n) is 9.33. The van der Waals surface area contributed by atoms with E-state index < -0.39 is 11.9 Å². The number of rotatable bonds is 7.